The molecule has 3 nitrogen and oxygen atoms in total. The zero-order valence-corrected chi connectivity index (χ0v) is 15.6. The lowest BCUT2D eigenvalue weighted by Gasteiger charge is -2.31. The molecule has 1 heterocycles. The molecule has 20 heavy (non-hydrogen) atoms. The first-order chi connectivity index (χ1) is 9.86. The van der Waals surface area contributed by atoms with Crippen LogP contribution in [0.1, 0.15) is 67.7 Å². The standard InChI is InChI=1S/C11H24N2O.3C2H6/c1-3-7-13-8-4-11(5-9-13)14-10-6-12-2;3*1-2/h11-12H,3-10H2,1-2H3;3*1-2H3. The zero-order valence-electron chi connectivity index (χ0n) is 15.6. The van der Waals surface area contributed by atoms with E-state index in [2.05, 4.69) is 17.1 Å². The molecule has 1 rings (SSSR count). The highest BCUT2D eigenvalue weighted by Gasteiger charge is 2.18. The zero-order chi connectivity index (χ0) is 16.2. The molecule has 0 aromatic heterocycles. The van der Waals surface area contributed by atoms with Crippen molar-refractivity contribution in [2.24, 2.45) is 0 Å². The molecule has 1 aliphatic rings. The van der Waals surface area contributed by atoms with Crippen LogP contribution in [0.25, 0.3) is 0 Å². The third-order valence-corrected chi connectivity index (χ3v) is 2.78. The van der Waals surface area contributed by atoms with Crippen LogP contribution in [0.15, 0.2) is 0 Å². The largest absolute Gasteiger partial charge is 0.377 e. The van der Waals surface area contributed by atoms with Gasteiger partial charge >= 0.3 is 0 Å². The second-order valence-corrected chi connectivity index (χ2v) is 4.02. The molecule has 3 heteroatoms. The van der Waals surface area contributed by atoms with Gasteiger partial charge in [-0.05, 0) is 32.9 Å². The molecule has 1 saturated heterocycles. The Bertz CT molecular complexity index is 135. The highest BCUT2D eigenvalue weighted by atomic mass is 16.5. The van der Waals surface area contributed by atoms with Gasteiger partial charge in [0.25, 0.3) is 0 Å². The number of hydrogen-bond acceptors (Lipinski definition) is 3. The van der Waals surface area contributed by atoms with Crippen LogP contribution >= 0.6 is 0 Å². The SMILES string of the molecule is CC.CC.CC.CCCN1CCC(OCCNC)CC1. The fourth-order valence-corrected chi connectivity index (χ4v) is 1.94. The maximum atomic E-state index is 5.76. The third-order valence-electron chi connectivity index (χ3n) is 2.78. The Morgan fingerprint density at radius 3 is 1.90 bits per heavy atom. The molecule has 0 aromatic rings. The predicted molar refractivity (Wildman–Crippen MR) is 93.7 cm³/mol. The van der Waals surface area contributed by atoms with Crippen molar-refractivity contribution in [2.45, 2.75) is 73.8 Å². The van der Waals surface area contributed by atoms with Crippen LogP contribution in [-0.4, -0.2) is 50.8 Å². The van der Waals surface area contributed by atoms with Crippen molar-refractivity contribution in [1.29, 1.82) is 0 Å². The molecule has 0 atom stereocenters. The molecule has 1 aliphatic heterocycles. The van der Waals surface area contributed by atoms with Crippen molar-refractivity contribution in [2.75, 3.05) is 39.8 Å². The van der Waals surface area contributed by atoms with Gasteiger partial charge in [-0.25, -0.2) is 0 Å². The summed E-state index contributed by atoms with van der Waals surface area (Å²) in [6.07, 6.45) is 4.20. The average molecular weight is 291 g/mol. The molecule has 1 N–H and O–H groups in total. The van der Waals surface area contributed by atoms with Crippen molar-refractivity contribution < 1.29 is 4.74 Å². The number of rotatable bonds is 6. The molecule has 126 valence electrons. The van der Waals surface area contributed by atoms with Gasteiger partial charge in [0.05, 0.1) is 12.7 Å². The van der Waals surface area contributed by atoms with Crippen molar-refractivity contribution in [1.82, 2.24) is 10.2 Å². The van der Waals surface area contributed by atoms with Crippen LogP contribution in [0.5, 0.6) is 0 Å². The van der Waals surface area contributed by atoms with Gasteiger partial charge in [0.2, 0.25) is 0 Å². The molecule has 0 bridgehead atoms. The van der Waals surface area contributed by atoms with E-state index < -0.39 is 0 Å². The summed E-state index contributed by atoms with van der Waals surface area (Å²) < 4.78 is 5.76. The van der Waals surface area contributed by atoms with E-state index >= 15 is 0 Å². The van der Waals surface area contributed by atoms with Crippen molar-refractivity contribution >= 4 is 0 Å². The number of nitrogens with zero attached hydrogens (tertiary/aromatic N) is 1. The summed E-state index contributed by atoms with van der Waals surface area (Å²) in [7, 11) is 1.97. The Morgan fingerprint density at radius 2 is 1.50 bits per heavy atom. The fourth-order valence-electron chi connectivity index (χ4n) is 1.94. The van der Waals surface area contributed by atoms with E-state index in [1.54, 1.807) is 0 Å². The van der Waals surface area contributed by atoms with E-state index in [9.17, 15) is 0 Å². The average Bonchev–Trinajstić information content (AvgIpc) is 2.55. The topological polar surface area (TPSA) is 24.5 Å². The number of likely N-dealkylation sites (tertiary alicyclic amines) is 1. The summed E-state index contributed by atoms with van der Waals surface area (Å²) in [6, 6.07) is 0. The Labute approximate surface area is 129 Å². The summed E-state index contributed by atoms with van der Waals surface area (Å²) in [4.78, 5) is 2.54. The van der Waals surface area contributed by atoms with Gasteiger partial charge in [0.15, 0.2) is 0 Å². The summed E-state index contributed by atoms with van der Waals surface area (Å²) in [5.74, 6) is 0. The first kappa shape index (κ1) is 24.9. The highest BCUT2D eigenvalue weighted by Crippen LogP contribution is 2.13. The molecular weight excluding hydrogens is 248 g/mol. The van der Waals surface area contributed by atoms with Crippen LogP contribution in [-0.2, 0) is 4.74 Å². The van der Waals surface area contributed by atoms with E-state index in [1.165, 1.54) is 38.9 Å². The lowest BCUT2D eigenvalue weighted by atomic mass is 10.1. The van der Waals surface area contributed by atoms with Crippen LogP contribution in [0.2, 0.25) is 0 Å². The number of nitrogens with one attached hydrogen (secondary N) is 1. The van der Waals surface area contributed by atoms with Crippen LogP contribution in [0.4, 0.5) is 0 Å². The van der Waals surface area contributed by atoms with Crippen molar-refractivity contribution in [3.8, 4) is 0 Å². The molecule has 1 fully saturated rings. The number of piperidine rings is 1. The predicted octanol–water partition coefficient (Wildman–Crippen LogP) is 4.18. The Morgan fingerprint density at radius 1 is 1.00 bits per heavy atom. The lowest BCUT2D eigenvalue weighted by molar-refractivity contribution is 0.00974. The maximum absolute atomic E-state index is 5.76. The summed E-state index contributed by atoms with van der Waals surface area (Å²) in [6.45, 7) is 19.8. The number of ether oxygens (including phenoxy) is 1. The Balaban J connectivity index is -0.000000425. The van der Waals surface area contributed by atoms with E-state index in [0.717, 1.165) is 13.2 Å². The number of hydrogen-bond donors (Lipinski definition) is 1. The van der Waals surface area contributed by atoms with E-state index in [4.69, 9.17) is 4.74 Å². The maximum Gasteiger partial charge on any atom is 0.0600 e. The Hall–Kier alpha value is -0.120. The van der Waals surface area contributed by atoms with Gasteiger partial charge in [-0.1, -0.05) is 48.5 Å². The van der Waals surface area contributed by atoms with Gasteiger partial charge in [-0.3, -0.25) is 0 Å². The minimum atomic E-state index is 0.511. The van der Waals surface area contributed by atoms with Crippen LogP contribution in [0.3, 0.4) is 0 Å². The lowest BCUT2D eigenvalue weighted by Crippen LogP contribution is -2.38. The fraction of sp³-hybridized carbons (Fsp3) is 1.00. The molecular formula is C17H42N2O. The second kappa shape index (κ2) is 23.9. The normalized spacial score (nSPS) is 15.0. The highest BCUT2D eigenvalue weighted by molar-refractivity contribution is 4.72. The van der Waals surface area contributed by atoms with E-state index in [0.29, 0.717) is 6.10 Å². The molecule has 0 unspecified atom stereocenters. The number of likely N-dealkylation sites (N-methyl/N-ethyl adjacent to an activating group) is 1. The van der Waals surface area contributed by atoms with E-state index in [1.807, 2.05) is 48.6 Å². The van der Waals surface area contributed by atoms with Gasteiger partial charge in [-0.2, -0.15) is 0 Å². The molecule has 0 aromatic carbocycles. The van der Waals surface area contributed by atoms with Crippen LogP contribution in [0, 0.1) is 0 Å². The molecule has 0 amide bonds. The smallest absolute Gasteiger partial charge is 0.0600 e. The summed E-state index contributed by atoms with van der Waals surface area (Å²) >= 11 is 0. The van der Waals surface area contributed by atoms with Crippen molar-refractivity contribution in [3.63, 3.8) is 0 Å². The van der Waals surface area contributed by atoms with Gasteiger partial charge in [-0.15, -0.1) is 0 Å². The first-order valence-electron chi connectivity index (χ1n) is 8.85. The van der Waals surface area contributed by atoms with Crippen LogP contribution < -0.4 is 5.32 Å². The van der Waals surface area contributed by atoms with Gasteiger partial charge in [0.1, 0.15) is 0 Å². The van der Waals surface area contributed by atoms with E-state index in [-0.39, 0.29) is 0 Å². The first-order valence-corrected chi connectivity index (χ1v) is 8.85. The summed E-state index contributed by atoms with van der Waals surface area (Å²) in [5.41, 5.74) is 0. The van der Waals surface area contributed by atoms with Gasteiger partial charge < -0.3 is 15.0 Å². The third kappa shape index (κ3) is 15.9. The quantitative estimate of drug-likeness (QED) is 0.743. The van der Waals surface area contributed by atoms with Crippen molar-refractivity contribution in [3.05, 3.63) is 0 Å². The molecule has 0 radical (unpaired) electrons. The summed E-state index contributed by atoms with van der Waals surface area (Å²) in [5, 5.41) is 3.10. The molecule has 0 saturated carbocycles. The minimum Gasteiger partial charge on any atom is -0.377 e. The molecule has 0 spiro atoms. The molecule has 0 aliphatic carbocycles. The second-order valence-electron chi connectivity index (χ2n) is 4.02. The Kier molecular flexibility index (Phi) is 29.8. The monoisotopic (exact) mass is 290 g/mol. The minimum absolute atomic E-state index is 0.511. The van der Waals surface area contributed by atoms with Gasteiger partial charge in [0, 0.05) is 19.6 Å².